The van der Waals surface area contributed by atoms with E-state index in [1.54, 1.807) is 0 Å². The minimum Gasteiger partial charge on any atom is -0.248 e. The largest absolute Gasteiger partial charge is 0.248 e. The van der Waals surface area contributed by atoms with Crippen molar-refractivity contribution in [3.63, 3.8) is 0 Å². The number of halogens is 2. The zero-order valence-corrected chi connectivity index (χ0v) is 11.8. The molecule has 0 atom stereocenters. The highest BCUT2D eigenvalue weighted by Gasteiger charge is 2.06. The number of pyridine rings is 1. The van der Waals surface area contributed by atoms with E-state index in [1.807, 2.05) is 36.4 Å². The zero-order valence-electron chi connectivity index (χ0n) is 10.3. The lowest BCUT2D eigenvalue weighted by Gasteiger charge is -2.06. The van der Waals surface area contributed by atoms with Crippen LogP contribution in [0.1, 0.15) is 5.56 Å². The van der Waals surface area contributed by atoms with E-state index in [9.17, 15) is 0 Å². The number of rotatable bonds is 1. The Morgan fingerprint density at radius 2 is 1.63 bits per heavy atom. The van der Waals surface area contributed by atoms with Crippen molar-refractivity contribution in [1.29, 1.82) is 0 Å². The third-order valence-electron chi connectivity index (χ3n) is 3.07. The number of hydrogen-bond acceptors (Lipinski definition) is 1. The third-order valence-corrected chi connectivity index (χ3v) is 3.62. The molecule has 0 saturated carbocycles. The molecule has 0 radical (unpaired) electrons. The van der Waals surface area contributed by atoms with Crippen LogP contribution in [0, 0.1) is 6.92 Å². The van der Waals surface area contributed by atoms with Crippen molar-refractivity contribution < 1.29 is 0 Å². The smallest absolute Gasteiger partial charge is 0.0739 e. The molecule has 3 heteroatoms. The van der Waals surface area contributed by atoms with Gasteiger partial charge in [-0.2, -0.15) is 0 Å². The standard InChI is InChI=1S/C16H11Cl2N/c1-10-2-4-11(5-3-10)15-9-14(18)13-7-6-12(17)8-16(13)19-15/h2-9H,1H3. The van der Waals surface area contributed by atoms with Crippen molar-refractivity contribution in [1.82, 2.24) is 4.98 Å². The Morgan fingerprint density at radius 1 is 0.895 bits per heavy atom. The highest BCUT2D eigenvalue weighted by Crippen LogP contribution is 2.29. The molecule has 0 fully saturated rings. The molecule has 19 heavy (non-hydrogen) atoms. The van der Waals surface area contributed by atoms with E-state index in [0.29, 0.717) is 10.0 Å². The molecule has 3 aromatic rings. The lowest BCUT2D eigenvalue weighted by molar-refractivity contribution is 1.38. The van der Waals surface area contributed by atoms with Crippen molar-refractivity contribution in [2.24, 2.45) is 0 Å². The van der Waals surface area contributed by atoms with Crippen LogP contribution in [0.4, 0.5) is 0 Å². The summed E-state index contributed by atoms with van der Waals surface area (Å²) in [6.45, 7) is 2.06. The van der Waals surface area contributed by atoms with Gasteiger partial charge >= 0.3 is 0 Å². The molecule has 0 amide bonds. The summed E-state index contributed by atoms with van der Waals surface area (Å²) in [5.41, 5.74) is 3.95. The Morgan fingerprint density at radius 3 is 2.37 bits per heavy atom. The molecule has 0 spiro atoms. The minimum atomic E-state index is 0.664. The van der Waals surface area contributed by atoms with E-state index in [2.05, 4.69) is 24.0 Å². The summed E-state index contributed by atoms with van der Waals surface area (Å²) in [5.74, 6) is 0. The van der Waals surface area contributed by atoms with E-state index < -0.39 is 0 Å². The van der Waals surface area contributed by atoms with Gasteiger partial charge in [0.05, 0.1) is 16.2 Å². The average Bonchev–Trinajstić information content (AvgIpc) is 2.38. The lowest BCUT2D eigenvalue weighted by Crippen LogP contribution is -1.87. The number of benzene rings is 2. The number of aryl methyl sites for hydroxylation is 1. The highest BCUT2D eigenvalue weighted by molar-refractivity contribution is 6.36. The van der Waals surface area contributed by atoms with Crippen molar-refractivity contribution in [3.8, 4) is 11.3 Å². The molecule has 94 valence electrons. The number of aromatic nitrogens is 1. The van der Waals surface area contributed by atoms with E-state index in [-0.39, 0.29) is 0 Å². The Hall–Kier alpha value is -1.57. The van der Waals surface area contributed by atoms with Gasteiger partial charge in [0, 0.05) is 16.0 Å². The number of nitrogens with zero attached hydrogens (tertiary/aromatic N) is 1. The van der Waals surface area contributed by atoms with Crippen molar-refractivity contribution in [2.45, 2.75) is 6.92 Å². The summed E-state index contributed by atoms with van der Waals surface area (Å²) < 4.78 is 0. The zero-order chi connectivity index (χ0) is 13.4. The van der Waals surface area contributed by atoms with Gasteiger partial charge < -0.3 is 0 Å². The maximum atomic E-state index is 6.31. The fourth-order valence-electron chi connectivity index (χ4n) is 2.03. The van der Waals surface area contributed by atoms with Crippen molar-refractivity contribution in [3.05, 3.63) is 64.1 Å². The highest BCUT2D eigenvalue weighted by atomic mass is 35.5. The molecular weight excluding hydrogens is 277 g/mol. The summed E-state index contributed by atoms with van der Waals surface area (Å²) in [4.78, 5) is 4.63. The van der Waals surface area contributed by atoms with Gasteiger partial charge in [0.15, 0.2) is 0 Å². The molecule has 0 aliphatic heterocycles. The maximum absolute atomic E-state index is 6.31. The lowest BCUT2D eigenvalue weighted by atomic mass is 10.1. The Kier molecular flexibility index (Phi) is 3.17. The molecule has 0 saturated heterocycles. The van der Waals surface area contributed by atoms with Crippen LogP contribution in [0.25, 0.3) is 22.2 Å². The maximum Gasteiger partial charge on any atom is 0.0739 e. The molecule has 0 bridgehead atoms. The minimum absolute atomic E-state index is 0.664. The molecule has 0 N–H and O–H groups in total. The first-order valence-electron chi connectivity index (χ1n) is 5.96. The average molecular weight is 288 g/mol. The first-order valence-corrected chi connectivity index (χ1v) is 6.72. The SMILES string of the molecule is Cc1ccc(-c2cc(Cl)c3ccc(Cl)cc3n2)cc1. The fourth-order valence-corrected chi connectivity index (χ4v) is 2.46. The first-order chi connectivity index (χ1) is 9.13. The van der Waals surface area contributed by atoms with E-state index in [1.165, 1.54) is 5.56 Å². The second-order valence-electron chi connectivity index (χ2n) is 4.52. The first kappa shape index (κ1) is 12.5. The number of hydrogen-bond donors (Lipinski definition) is 0. The monoisotopic (exact) mass is 287 g/mol. The molecular formula is C16H11Cl2N. The molecule has 3 rings (SSSR count). The fraction of sp³-hybridized carbons (Fsp3) is 0.0625. The van der Waals surface area contributed by atoms with Gasteiger partial charge in [-0.15, -0.1) is 0 Å². The van der Waals surface area contributed by atoms with E-state index in [0.717, 1.165) is 22.2 Å². The summed E-state index contributed by atoms with van der Waals surface area (Å²) in [7, 11) is 0. The van der Waals surface area contributed by atoms with Gasteiger partial charge in [0.1, 0.15) is 0 Å². The van der Waals surface area contributed by atoms with E-state index in [4.69, 9.17) is 23.2 Å². The molecule has 2 aromatic carbocycles. The van der Waals surface area contributed by atoms with Gasteiger partial charge in [0.25, 0.3) is 0 Å². The normalized spacial score (nSPS) is 10.9. The molecule has 0 unspecified atom stereocenters. The van der Waals surface area contributed by atoms with Gasteiger partial charge in [-0.1, -0.05) is 53.0 Å². The van der Waals surface area contributed by atoms with Crippen LogP contribution < -0.4 is 0 Å². The Balaban J connectivity index is 2.22. The Labute approximate surface area is 121 Å². The quantitative estimate of drug-likeness (QED) is 0.574. The third kappa shape index (κ3) is 2.44. The predicted molar refractivity (Wildman–Crippen MR) is 81.9 cm³/mol. The van der Waals surface area contributed by atoms with E-state index >= 15 is 0 Å². The summed E-state index contributed by atoms with van der Waals surface area (Å²) >= 11 is 12.3. The summed E-state index contributed by atoms with van der Waals surface area (Å²) in [6, 6.07) is 15.7. The molecule has 1 heterocycles. The predicted octanol–water partition coefficient (Wildman–Crippen LogP) is 5.52. The summed E-state index contributed by atoms with van der Waals surface area (Å²) in [5, 5.41) is 2.27. The number of fused-ring (bicyclic) bond motifs is 1. The van der Waals surface area contributed by atoms with Crippen LogP contribution in [0.15, 0.2) is 48.5 Å². The Bertz CT molecular complexity index is 749. The van der Waals surface area contributed by atoms with Crippen LogP contribution in [0.2, 0.25) is 10.0 Å². The summed E-state index contributed by atoms with van der Waals surface area (Å²) in [6.07, 6.45) is 0. The van der Waals surface area contributed by atoms with Crippen LogP contribution in [-0.4, -0.2) is 4.98 Å². The second kappa shape index (κ2) is 4.84. The van der Waals surface area contributed by atoms with Gasteiger partial charge in [-0.25, -0.2) is 4.98 Å². The molecule has 0 aliphatic rings. The molecule has 1 nitrogen and oxygen atoms in total. The van der Waals surface area contributed by atoms with Crippen LogP contribution >= 0.6 is 23.2 Å². The van der Waals surface area contributed by atoms with Crippen LogP contribution in [-0.2, 0) is 0 Å². The van der Waals surface area contributed by atoms with Crippen molar-refractivity contribution >= 4 is 34.1 Å². The second-order valence-corrected chi connectivity index (χ2v) is 5.36. The van der Waals surface area contributed by atoms with Gasteiger partial charge in [-0.3, -0.25) is 0 Å². The topological polar surface area (TPSA) is 12.9 Å². The van der Waals surface area contributed by atoms with Crippen molar-refractivity contribution in [2.75, 3.05) is 0 Å². The van der Waals surface area contributed by atoms with Crippen LogP contribution in [0.5, 0.6) is 0 Å². The van der Waals surface area contributed by atoms with Gasteiger partial charge in [0.2, 0.25) is 0 Å². The van der Waals surface area contributed by atoms with Gasteiger partial charge in [-0.05, 0) is 31.2 Å². The van der Waals surface area contributed by atoms with Crippen LogP contribution in [0.3, 0.4) is 0 Å². The molecule has 0 aliphatic carbocycles. The molecule has 1 aromatic heterocycles.